The summed E-state index contributed by atoms with van der Waals surface area (Å²) in [4.78, 5) is 22.8. The predicted molar refractivity (Wildman–Crippen MR) is 71.6 cm³/mol. The third-order valence-corrected chi connectivity index (χ3v) is 2.41. The molecule has 0 heterocycles. The third-order valence-electron chi connectivity index (χ3n) is 2.08. The van der Waals surface area contributed by atoms with Gasteiger partial charge in [-0.3, -0.25) is 10.1 Å². The van der Waals surface area contributed by atoms with E-state index in [9.17, 15) is 18.4 Å². The number of ketones is 1. The highest BCUT2D eigenvalue weighted by Crippen LogP contribution is 2.25. The number of Topliss-reactive ketones (excluding diaryl/α,β-unsaturated/α-hetero) is 1. The molecule has 0 aliphatic carbocycles. The molecule has 20 heavy (non-hydrogen) atoms. The first kappa shape index (κ1) is 16.4. The van der Waals surface area contributed by atoms with Crippen molar-refractivity contribution in [3.8, 4) is 0 Å². The highest BCUT2D eigenvalue weighted by molar-refractivity contribution is 6.33. The topological polar surface area (TPSA) is 55.4 Å². The number of carbonyl (C=O) groups excluding carboxylic acids is 2. The summed E-state index contributed by atoms with van der Waals surface area (Å²) in [5.41, 5.74) is -0.921. The number of alkyl halides is 2. The van der Waals surface area contributed by atoms with Crippen LogP contribution in [0.5, 0.6) is 0 Å². The van der Waals surface area contributed by atoms with Gasteiger partial charge in [-0.1, -0.05) is 11.6 Å². The molecule has 0 saturated heterocycles. The molecule has 0 radical (unpaired) electrons. The maximum Gasteiger partial charge on any atom is 0.412 e. The molecule has 0 unspecified atom stereocenters. The minimum Gasteiger partial charge on any atom is -0.444 e. The van der Waals surface area contributed by atoms with Crippen molar-refractivity contribution in [1.29, 1.82) is 0 Å². The summed E-state index contributed by atoms with van der Waals surface area (Å²) in [6.07, 6.45) is -3.91. The lowest BCUT2D eigenvalue weighted by Crippen LogP contribution is -2.27. The van der Waals surface area contributed by atoms with Gasteiger partial charge in [0.25, 0.3) is 0 Å². The van der Waals surface area contributed by atoms with Gasteiger partial charge in [0, 0.05) is 5.56 Å². The Hall–Kier alpha value is -1.69. The number of halogens is 3. The van der Waals surface area contributed by atoms with Crippen LogP contribution in [-0.4, -0.2) is 23.9 Å². The second kappa shape index (κ2) is 6.17. The fourth-order valence-electron chi connectivity index (χ4n) is 1.31. The fourth-order valence-corrected chi connectivity index (χ4v) is 1.48. The Bertz CT molecular complexity index is 527. The van der Waals surface area contributed by atoms with Crippen LogP contribution in [0.1, 0.15) is 31.1 Å². The van der Waals surface area contributed by atoms with E-state index in [2.05, 4.69) is 5.32 Å². The van der Waals surface area contributed by atoms with E-state index in [0.29, 0.717) is 0 Å². The van der Waals surface area contributed by atoms with Crippen molar-refractivity contribution >= 4 is 29.2 Å². The summed E-state index contributed by atoms with van der Waals surface area (Å²) in [6.45, 7) is 5.01. The van der Waals surface area contributed by atoms with Crippen molar-refractivity contribution in [3.05, 3.63) is 28.8 Å². The summed E-state index contributed by atoms with van der Waals surface area (Å²) >= 11 is 5.83. The minimum atomic E-state index is -3.12. The number of ether oxygens (including phenoxy) is 1. The summed E-state index contributed by atoms with van der Waals surface area (Å²) in [7, 11) is 0. The Kier molecular flexibility index (Phi) is 5.05. The van der Waals surface area contributed by atoms with Gasteiger partial charge < -0.3 is 4.74 Å². The number of hydrogen-bond acceptors (Lipinski definition) is 3. The predicted octanol–water partition coefficient (Wildman–Crippen LogP) is 4.13. The molecule has 0 atom stereocenters. The number of rotatable bonds is 3. The molecule has 4 nitrogen and oxygen atoms in total. The quantitative estimate of drug-likeness (QED) is 0.854. The Morgan fingerprint density at radius 3 is 2.40 bits per heavy atom. The van der Waals surface area contributed by atoms with Crippen LogP contribution in [0.2, 0.25) is 5.02 Å². The monoisotopic (exact) mass is 305 g/mol. The number of hydrogen-bond donors (Lipinski definition) is 1. The molecule has 1 amide bonds. The Morgan fingerprint density at radius 1 is 1.30 bits per heavy atom. The van der Waals surface area contributed by atoms with Crippen molar-refractivity contribution in [2.24, 2.45) is 0 Å². The standard InChI is InChI=1S/C13H14ClF2NO3/c1-13(2,3)20-12(19)17-9-6-7(4-5-8(9)14)10(18)11(15)16/h4-6,11H,1-3H3,(H,17,19). The zero-order chi connectivity index (χ0) is 15.5. The summed E-state index contributed by atoms with van der Waals surface area (Å²) in [5, 5.41) is 2.42. The molecule has 0 aromatic heterocycles. The van der Waals surface area contributed by atoms with Crippen molar-refractivity contribution in [1.82, 2.24) is 0 Å². The van der Waals surface area contributed by atoms with Crippen molar-refractivity contribution in [2.75, 3.05) is 5.32 Å². The van der Waals surface area contributed by atoms with Crippen LogP contribution in [0.3, 0.4) is 0 Å². The van der Waals surface area contributed by atoms with Crippen LogP contribution in [0.4, 0.5) is 19.3 Å². The number of amides is 1. The first-order valence-corrected chi connectivity index (χ1v) is 6.10. The smallest absolute Gasteiger partial charge is 0.412 e. The maximum absolute atomic E-state index is 12.3. The number of nitrogens with one attached hydrogen (secondary N) is 1. The van der Waals surface area contributed by atoms with Crippen LogP contribution >= 0.6 is 11.6 Å². The molecule has 110 valence electrons. The van der Waals surface area contributed by atoms with Crippen molar-refractivity contribution < 1.29 is 23.1 Å². The van der Waals surface area contributed by atoms with E-state index in [4.69, 9.17) is 16.3 Å². The molecule has 0 fully saturated rings. The van der Waals surface area contributed by atoms with Crippen molar-refractivity contribution in [3.63, 3.8) is 0 Å². The van der Waals surface area contributed by atoms with Crippen molar-refractivity contribution in [2.45, 2.75) is 32.8 Å². The largest absolute Gasteiger partial charge is 0.444 e. The average molecular weight is 306 g/mol. The van der Waals surface area contributed by atoms with E-state index >= 15 is 0 Å². The number of benzene rings is 1. The van der Waals surface area contributed by atoms with Gasteiger partial charge in [-0.05, 0) is 39.0 Å². The van der Waals surface area contributed by atoms with Gasteiger partial charge in [-0.2, -0.15) is 0 Å². The maximum atomic E-state index is 12.3. The van der Waals surface area contributed by atoms with Gasteiger partial charge in [0.05, 0.1) is 10.7 Å². The molecular formula is C13H14ClF2NO3. The number of anilines is 1. The van der Waals surface area contributed by atoms with Gasteiger partial charge in [-0.25, -0.2) is 13.6 Å². The van der Waals surface area contributed by atoms with Crippen LogP contribution in [0.15, 0.2) is 18.2 Å². The molecule has 0 aliphatic rings. The van der Waals surface area contributed by atoms with Gasteiger partial charge in [-0.15, -0.1) is 0 Å². The van der Waals surface area contributed by atoms with E-state index in [1.54, 1.807) is 20.8 Å². The van der Waals surface area contributed by atoms with Crippen LogP contribution in [0, 0.1) is 0 Å². The van der Waals surface area contributed by atoms with E-state index in [1.165, 1.54) is 6.07 Å². The molecule has 1 aromatic rings. The third kappa shape index (κ3) is 4.77. The fraction of sp³-hybridized carbons (Fsp3) is 0.385. The lowest BCUT2D eigenvalue weighted by molar-refractivity contribution is 0.0634. The lowest BCUT2D eigenvalue weighted by atomic mass is 10.1. The highest BCUT2D eigenvalue weighted by atomic mass is 35.5. The van der Waals surface area contributed by atoms with Crippen LogP contribution in [-0.2, 0) is 4.74 Å². The van der Waals surface area contributed by atoms with Gasteiger partial charge >= 0.3 is 12.5 Å². The van der Waals surface area contributed by atoms with Crippen LogP contribution < -0.4 is 5.32 Å². The molecule has 1 rings (SSSR count). The van der Waals surface area contributed by atoms with E-state index in [0.717, 1.165) is 12.1 Å². The molecule has 0 aliphatic heterocycles. The molecule has 1 aromatic carbocycles. The summed E-state index contributed by atoms with van der Waals surface area (Å²) < 4.78 is 29.7. The molecular weight excluding hydrogens is 292 g/mol. The van der Waals surface area contributed by atoms with Crippen LogP contribution in [0.25, 0.3) is 0 Å². The summed E-state index contributed by atoms with van der Waals surface area (Å²) in [6, 6.07) is 3.50. The second-order valence-corrected chi connectivity index (χ2v) is 5.39. The van der Waals surface area contributed by atoms with E-state index in [-0.39, 0.29) is 16.3 Å². The highest BCUT2D eigenvalue weighted by Gasteiger charge is 2.20. The molecule has 0 bridgehead atoms. The van der Waals surface area contributed by atoms with Gasteiger partial charge in [0.15, 0.2) is 0 Å². The molecule has 7 heteroatoms. The zero-order valence-corrected chi connectivity index (χ0v) is 11.9. The van der Waals surface area contributed by atoms with E-state index < -0.39 is 23.9 Å². The number of carbonyl (C=O) groups is 2. The first-order valence-electron chi connectivity index (χ1n) is 5.72. The Morgan fingerprint density at radius 2 is 1.90 bits per heavy atom. The average Bonchev–Trinajstić information content (AvgIpc) is 2.28. The van der Waals surface area contributed by atoms with Gasteiger partial charge in [0.2, 0.25) is 5.78 Å². The zero-order valence-electron chi connectivity index (χ0n) is 11.2. The SMILES string of the molecule is CC(C)(C)OC(=O)Nc1cc(C(=O)C(F)F)ccc1Cl. The second-order valence-electron chi connectivity index (χ2n) is 4.99. The lowest BCUT2D eigenvalue weighted by Gasteiger charge is -2.20. The molecule has 0 saturated carbocycles. The summed E-state index contributed by atoms with van der Waals surface area (Å²) in [5.74, 6) is -1.34. The molecule has 1 N–H and O–H groups in total. The van der Waals surface area contributed by atoms with Gasteiger partial charge in [0.1, 0.15) is 5.60 Å². The Balaban J connectivity index is 2.93. The van der Waals surface area contributed by atoms with E-state index in [1.807, 2.05) is 0 Å². The normalized spacial score (nSPS) is 11.3. The first-order chi connectivity index (χ1) is 9.10. The Labute approximate surface area is 120 Å². The molecule has 0 spiro atoms. The minimum absolute atomic E-state index is 0.0346.